The molecule has 1 saturated heterocycles. The van der Waals surface area contributed by atoms with Crippen LogP contribution in [0.4, 0.5) is 11.6 Å². The number of hydrogen-bond acceptors (Lipinski definition) is 7. The van der Waals surface area contributed by atoms with Crippen molar-refractivity contribution in [3.05, 3.63) is 59.7 Å². The lowest BCUT2D eigenvalue weighted by atomic mass is 9.93. The lowest BCUT2D eigenvalue weighted by Gasteiger charge is -2.32. The van der Waals surface area contributed by atoms with Crippen LogP contribution in [0, 0.1) is 19.8 Å². The lowest BCUT2D eigenvalue weighted by Crippen LogP contribution is -2.39. The quantitative estimate of drug-likeness (QED) is 0.598. The van der Waals surface area contributed by atoms with Crippen molar-refractivity contribution in [2.75, 3.05) is 18.4 Å². The number of nitrogens with zero attached hydrogens (tertiary/aromatic N) is 7. The van der Waals surface area contributed by atoms with E-state index in [0.29, 0.717) is 17.6 Å². The van der Waals surface area contributed by atoms with E-state index >= 15 is 0 Å². The van der Waals surface area contributed by atoms with Gasteiger partial charge in [-0.05, 0) is 45.1 Å². The summed E-state index contributed by atoms with van der Waals surface area (Å²) >= 11 is 0. The van der Waals surface area contributed by atoms with Gasteiger partial charge >= 0.3 is 0 Å². The van der Waals surface area contributed by atoms with E-state index in [0.717, 1.165) is 55.0 Å². The van der Waals surface area contributed by atoms with Crippen molar-refractivity contribution >= 4 is 23.6 Å². The molecule has 0 radical (unpaired) electrons. The first-order valence-corrected chi connectivity index (χ1v) is 10.8. The zero-order valence-corrected chi connectivity index (χ0v) is 18.7. The first-order chi connectivity index (χ1) is 15.5. The van der Waals surface area contributed by atoms with Crippen molar-refractivity contribution in [3.8, 4) is 0 Å². The molecule has 3 aromatic rings. The van der Waals surface area contributed by atoms with Crippen molar-refractivity contribution in [2.24, 2.45) is 13.0 Å². The van der Waals surface area contributed by atoms with Gasteiger partial charge in [-0.1, -0.05) is 0 Å². The molecule has 4 heterocycles. The summed E-state index contributed by atoms with van der Waals surface area (Å²) < 4.78 is 1.84. The van der Waals surface area contributed by atoms with Gasteiger partial charge in [0.2, 0.25) is 5.91 Å². The van der Waals surface area contributed by atoms with Gasteiger partial charge in [0, 0.05) is 61.6 Å². The highest BCUT2D eigenvalue weighted by atomic mass is 16.2. The Labute approximate surface area is 187 Å². The molecular weight excluding hydrogens is 404 g/mol. The predicted octanol–water partition coefficient (Wildman–Crippen LogP) is 2.86. The third-order valence-electron chi connectivity index (χ3n) is 5.83. The molecule has 0 aromatic carbocycles. The summed E-state index contributed by atoms with van der Waals surface area (Å²) in [5.41, 5.74) is 3.94. The van der Waals surface area contributed by atoms with Crippen molar-refractivity contribution in [2.45, 2.75) is 33.1 Å². The van der Waals surface area contributed by atoms with E-state index in [-0.39, 0.29) is 5.91 Å². The van der Waals surface area contributed by atoms with Crippen molar-refractivity contribution in [1.82, 2.24) is 34.6 Å². The molecule has 1 aliphatic heterocycles. The Kier molecular flexibility index (Phi) is 6.53. The molecule has 1 aliphatic rings. The second-order valence-electron chi connectivity index (χ2n) is 8.15. The zero-order valence-electron chi connectivity index (χ0n) is 18.7. The molecular formula is C23H28N8O. The van der Waals surface area contributed by atoms with Crippen LogP contribution >= 0.6 is 0 Å². The van der Waals surface area contributed by atoms with Gasteiger partial charge in [0.1, 0.15) is 18.0 Å². The number of nitrogens with one attached hydrogen (secondary N) is 1. The molecule has 1 atom stereocenters. The SMILES string of the molecule is Cc1nn(C)c(C)c1/C=C/C(=O)N1CCC[C@@H](Cc2cc(Nc3cnccn3)ncn2)C1. The number of piperidine rings is 1. The molecule has 0 unspecified atom stereocenters. The highest BCUT2D eigenvalue weighted by Gasteiger charge is 2.23. The molecule has 0 aliphatic carbocycles. The molecule has 4 rings (SSSR count). The Bertz CT molecular complexity index is 1110. The number of likely N-dealkylation sites (tertiary alicyclic amines) is 1. The molecule has 3 aromatic heterocycles. The molecule has 166 valence electrons. The van der Waals surface area contributed by atoms with Crippen LogP contribution in [0.3, 0.4) is 0 Å². The van der Waals surface area contributed by atoms with Crippen LogP contribution in [-0.4, -0.2) is 53.6 Å². The van der Waals surface area contributed by atoms with E-state index in [9.17, 15) is 4.79 Å². The average Bonchev–Trinajstić information content (AvgIpc) is 3.04. The summed E-state index contributed by atoms with van der Waals surface area (Å²) in [6, 6.07) is 1.93. The monoisotopic (exact) mass is 432 g/mol. The normalized spacial score (nSPS) is 16.5. The van der Waals surface area contributed by atoms with Crippen LogP contribution in [0.1, 0.15) is 35.5 Å². The van der Waals surface area contributed by atoms with Crippen molar-refractivity contribution in [3.63, 3.8) is 0 Å². The van der Waals surface area contributed by atoms with Gasteiger partial charge < -0.3 is 10.2 Å². The summed E-state index contributed by atoms with van der Waals surface area (Å²) in [4.78, 5) is 31.7. The Hall–Kier alpha value is -3.62. The van der Waals surface area contributed by atoms with E-state index < -0.39 is 0 Å². The van der Waals surface area contributed by atoms with E-state index in [2.05, 4.69) is 30.4 Å². The molecule has 32 heavy (non-hydrogen) atoms. The molecule has 0 spiro atoms. The van der Waals surface area contributed by atoms with E-state index in [1.807, 2.05) is 42.6 Å². The Morgan fingerprint density at radius 2 is 2.09 bits per heavy atom. The number of aryl methyl sites for hydroxylation is 2. The smallest absolute Gasteiger partial charge is 0.246 e. The minimum Gasteiger partial charge on any atom is -0.339 e. The summed E-state index contributed by atoms with van der Waals surface area (Å²) in [6.45, 7) is 5.48. The summed E-state index contributed by atoms with van der Waals surface area (Å²) in [5, 5.41) is 7.56. The van der Waals surface area contributed by atoms with Gasteiger partial charge in [-0.3, -0.25) is 14.5 Å². The van der Waals surface area contributed by atoms with Gasteiger partial charge in [0.15, 0.2) is 0 Å². The molecule has 0 bridgehead atoms. The van der Waals surface area contributed by atoms with E-state index in [1.54, 1.807) is 31.0 Å². The fourth-order valence-corrected chi connectivity index (χ4v) is 4.09. The minimum atomic E-state index is 0.0463. The third kappa shape index (κ3) is 5.16. The molecule has 0 saturated carbocycles. The topological polar surface area (TPSA) is 102 Å². The summed E-state index contributed by atoms with van der Waals surface area (Å²) in [5.74, 6) is 1.73. The third-order valence-corrected chi connectivity index (χ3v) is 5.83. The predicted molar refractivity (Wildman–Crippen MR) is 122 cm³/mol. The maximum atomic E-state index is 12.8. The van der Waals surface area contributed by atoms with Crippen LogP contribution < -0.4 is 5.32 Å². The number of amides is 1. The van der Waals surface area contributed by atoms with Crippen molar-refractivity contribution in [1.29, 1.82) is 0 Å². The second-order valence-corrected chi connectivity index (χ2v) is 8.15. The van der Waals surface area contributed by atoms with Crippen molar-refractivity contribution < 1.29 is 4.79 Å². The Morgan fingerprint density at radius 1 is 1.22 bits per heavy atom. The molecule has 1 N–H and O–H groups in total. The number of hydrogen-bond donors (Lipinski definition) is 1. The summed E-state index contributed by atoms with van der Waals surface area (Å²) in [6.07, 6.45) is 12.9. The van der Waals surface area contributed by atoms with Gasteiger partial charge in [0.25, 0.3) is 0 Å². The molecule has 9 heteroatoms. The lowest BCUT2D eigenvalue weighted by molar-refractivity contribution is -0.127. The second kappa shape index (κ2) is 9.67. The fraction of sp³-hybridized carbons (Fsp3) is 0.391. The molecule has 9 nitrogen and oxygen atoms in total. The number of anilines is 2. The van der Waals surface area contributed by atoms with Crippen LogP contribution in [0.25, 0.3) is 6.08 Å². The Morgan fingerprint density at radius 3 is 2.84 bits per heavy atom. The van der Waals surface area contributed by atoms with Crippen LogP contribution in [0.2, 0.25) is 0 Å². The molecule has 1 amide bonds. The largest absolute Gasteiger partial charge is 0.339 e. The first-order valence-electron chi connectivity index (χ1n) is 10.8. The van der Waals surface area contributed by atoms with Gasteiger partial charge in [-0.25, -0.2) is 15.0 Å². The number of carbonyl (C=O) groups excluding carboxylic acids is 1. The highest BCUT2D eigenvalue weighted by molar-refractivity contribution is 5.92. The molecule has 1 fully saturated rings. The fourth-order valence-electron chi connectivity index (χ4n) is 4.09. The van der Waals surface area contributed by atoms with Crippen LogP contribution in [0.5, 0.6) is 0 Å². The maximum Gasteiger partial charge on any atom is 0.246 e. The first kappa shape index (κ1) is 21.6. The standard InChI is InChI=1S/C23H28N8O/c1-16-20(17(2)30(3)29-16)6-7-23(32)31-10-4-5-18(14-31)11-19-12-21(27-15-26-19)28-22-13-24-8-9-25-22/h6-9,12-13,15,18H,4-5,10-11,14H2,1-3H3,(H,25,26,27,28)/b7-6+/t18-/m0/s1. The van der Waals surface area contributed by atoms with E-state index in [4.69, 9.17) is 0 Å². The van der Waals surface area contributed by atoms with Crippen LogP contribution in [-0.2, 0) is 18.3 Å². The van der Waals surface area contributed by atoms with Crippen LogP contribution in [0.15, 0.2) is 37.1 Å². The average molecular weight is 433 g/mol. The van der Waals surface area contributed by atoms with E-state index in [1.165, 1.54) is 0 Å². The number of rotatable bonds is 6. The maximum absolute atomic E-state index is 12.8. The highest BCUT2D eigenvalue weighted by Crippen LogP contribution is 2.22. The van der Waals surface area contributed by atoms with Gasteiger partial charge in [0.05, 0.1) is 11.9 Å². The number of aromatic nitrogens is 6. The zero-order chi connectivity index (χ0) is 22.5. The number of carbonyl (C=O) groups is 1. The summed E-state index contributed by atoms with van der Waals surface area (Å²) in [7, 11) is 1.91. The minimum absolute atomic E-state index is 0.0463. The van der Waals surface area contributed by atoms with Gasteiger partial charge in [-0.2, -0.15) is 5.10 Å². The van der Waals surface area contributed by atoms with Gasteiger partial charge in [-0.15, -0.1) is 0 Å². The Balaban J connectivity index is 1.37.